The highest BCUT2D eigenvalue weighted by atomic mass is 16.5. The van der Waals surface area contributed by atoms with Gasteiger partial charge in [0.15, 0.2) is 0 Å². The fourth-order valence-corrected chi connectivity index (χ4v) is 5.11. The second-order valence-corrected chi connectivity index (χ2v) is 9.84. The van der Waals surface area contributed by atoms with Crippen LogP contribution in [0.4, 0.5) is 0 Å². The summed E-state index contributed by atoms with van der Waals surface area (Å²) in [6, 6.07) is 23.4. The lowest BCUT2D eigenvalue weighted by molar-refractivity contribution is 0.0486. The Morgan fingerprint density at radius 3 is 2.36 bits per heavy atom. The van der Waals surface area contributed by atoms with Crippen LogP contribution in [0.2, 0.25) is 0 Å². The number of hydrogen-bond acceptors (Lipinski definition) is 4. The van der Waals surface area contributed by atoms with Crippen molar-refractivity contribution in [2.75, 3.05) is 27.2 Å². The number of phenols is 1. The number of fused-ring (bicyclic) bond motifs is 1. The lowest BCUT2D eigenvalue weighted by Gasteiger charge is -2.44. The lowest BCUT2D eigenvalue weighted by atomic mass is 9.83. The average molecular weight is 487 g/mol. The maximum atomic E-state index is 13.8. The van der Waals surface area contributed by atoms with Gasteiger partial charge in [0, 0.05) is 17.6 Å². The first-order valence-electron chi connectivity index (χ1n) is 13.0. The number of benzene rings is 3. The summed E-state index contributed by atoms with van der Waals surface area (Å²) in [4.78, 5) is 18.1. The van der Waals surface area contributed by atoms with E-state index in [1.54, 1.807) is 6.07 Å². The number of nitrogens with zero attached hydrogens (tertiary/aromatic N) is 2. The van der Waals surface area contributed by atoms with Crippen LogP contribution < -0.4 is 4.74 Å². The molecule has 5 heteroatoms. The Morgan fingerprint density at radius 1 is 1.03 bits per heavy atom. The van der Waals surface area contributed by atoms with Crippen LogP contribution in [0.25, 0.3) is 0 Å². The maximum absolute atomic E-state index is 13.8. The summed E-state index contributed by atoms with van der Waals surface area (Å²) >= 11 is 0. The van der Waals surface area contributed by atoms with Crippen molar-refractivity contribution < 1.29 is 14.6 Å². The van der Waals surface area contributed by atoms with Crippen molar-refractivity contribution in [1.82, 2.24) is 9.80 Å². The van der Waals surface area contributed by atoms with Gasteiger partial charge in [0.05, 0.1) is 6.04 Å². The molecule has 0 bridgehead atoms. The highest BCUT2D eigenvalue weighted by Crippen LogP contribution is 2.54. The monoisotopic (exact) mass is 486 g/mol. The molecule has 0 radical (unpaired) electrons. The third kappa shape index (κ3) is 5.57. The molecule has 1 aliphatic heterocycles. The summed E-state index contributed by atoms with van der Waals surface area (Å²) in [5.41, 5.74) is 4.01. The molecular formula is C31H38N2O3. The molecule has 1 saturated carbocycles. The standard InChI is InChI=1S/C29H32N2O3.C2H6/c1-30(2)16-17-34-25-11-8-21(9-12-25)18-27-26-13-10-24(32)19-23(26)20-29(14-15-29)31(27)28(33)22-6-4-3-5-7-22;1-2/h3-13,19,27,32H,14-18,20H2,1-2H3;1-2H3. The highest BCUT2D eigenvalue weighted by Gasteiger charge is 2.55. The molecule has 5 nitrogen and oxygen atoms in total. The summed E-state index contributed by atoms with van der Waals surface area (Å²) in [5.74, 6) is 1.23. The SMILES string of the molecule is CC.CN(C)CCOc1ccc(CC2c3ccc(O)cc3CC3(CC3)N2C(=O)c2ccccc2)cc1. The Balaban J connectivity index is 0.00000148. The largest absolute Gasteiger partial charge is 0.508 e. The molecule has 190 valence electrons. The second-order valence-electron chi connectivity index (χ2n) is 9.84. The minimum Gasteiger partial charge on any atom is -0.508 e. The number of phenolic OH excluding ortho intramolecular Hbond substituents is 1. The number of hydrogen-bond donors (Lipinski definition) is 1. The fraction of sp³-hybridized carbons (Fsp3) is 0.387. The van der Waals surface area contributed by atoms with Crippen LogP contribution in [0, 0.1) is 0 Å². The van der Waals surface area contributed by atoms with Crippen LogP contribution in [0.15, 0.2) is 72.8 Å². The first-order chi connectivity index (χ1) is 17.4. The first-order valence-corrected chi connectivity index (χ1v) is 13.0. The fourth-order valence-electron chi connectivity index (χ4n) is 5.11. The van der Waals surface area contributed by atoms with E-state index in [2.05, 4.69) is 21.9 Å². The van der Waals surface area contributed by atoms with Gasteiger partial charge < -0.3 is 19.6 Å². The maximum Gasteiger partial charge on any atom is 0.254 e. The van der Waals surface area contributed by atoms with Gasteiger partial charge >= 0.3 is 0 Å². The average Bonchev–Trinajstić information content (AvgIpc) is 3.65. The van der Waals surface area contributed by atoms with Gasteiger partial charge in [0.1, 0.15) is 18.1 Å². The van der Waals surface area contributed by atoms with Gasteiger partial charge in [0.2, 0.25) is 0 Å². The van der Waals surface area contributed by atoms with Gasteiger partial charge in [0.25, 0.3) is 5.91 Å². The zero-order valence-electron chi connectivity index (χ0n) is 21.9. The molecule has 36 heavy (non-hydrogen) atoms. The van der Waals surface area contributed by atoms with E-state index in [4.69, 9.17) is 4.74 Å². The molecule has 1 fully saturated rings. The minimum absolute atomic E-state index is 0.0833. The zero-order chi connectivity index (χ0) is 25.7. The third-order valence-electron chi connectivity index (χ3n) is 7.05. The molecule has 0 saturated heterocycles. The van der Waals surface area contributed by atoms with E-state index < -0.39 is 0 Å². The smallest absolute Gasteiger partial charge is 0.254 e. The molecular weight excluding hydrogens is 448 g/mol. The molecule has 1 aliphatic carbocycles. The summed E-state index contributed by atoms with van der Waals surface area (Å²) in [6.45, 7) is 5.51. The van der Waals surface area contributed by atoms with E-state index >= 15 is 0 Å². The summed E-state index contributed by atoms with van der Waals surface area (Å²) in [7, 11) is 4.06. The molecule has 3 aromatic rings. The predicted octanol–water partition coefficient (Wildman–Crippen LogP) is 5.87. The molecule has 0 aromatic heterocycles. The van der Waals surface area contributed by atoms with E-state index in [9.17, 15) is 9.90 Å². The molecule has 1 amide bonds. The highest BCUT2D eigenvalue weighted by molar-refractivity contribution is 5.95. The van der Waals surface area contributed by atoms with Crippen LogP contribution in [-0.2, 0) is 12.8 Å². The van der Waals surface area contributed by atoms with Crippen molar-refractivity contribution in [3.05, 3.63) is 95.1 Å². The number of amides is 1. The van der Waals surface area contributed by atoms with E-state index in [1.165, 1.54) is 0 Å². The Kier molecular flexibility index (Phi) is 8.00. The number of carbonyl (C=O) groups is 1. The van der Waals surface area contributed by atoms with E-state index in [0.29, 0.717) is 6.61 Å². The van der Waals surface area contributed by atoms with Gasteiger partial charge in [-0.05, 0) is 92.9 Å². The molecule has 2 aliphatic rings. The van der Waals surface area contributed by atoms with Crippen LogP contribution >= 0.6 is 0 Å². The summed E-state index contributed by atoms with van der Waals surface area (Å²) < 4.78 is 5.86. The van der Waals surface area contributed by atoms with Crippen molar-refractivity contribution in [2.24, 2.45) is 0 Å². The summed E-state index contributed by atoms with van der Waals surface area (Å²) in [6.07, 6.45) is 3.51. The number of likely N-dealkylation sites (N-methyl/N-ethyl adjacent to an activating group) is 1. The Hall–Kier alpha value is -3.31. The van der Waals surface area contributed by atoms with Crippen LogP contribution in [0.5, 0.6) is 11.5 Å². The number of rotatable bonds is 7. The molecule has 3 aromatic carbocycles. The molecule has 1 N–H and O–H groups in total. The van der Waals surface area contributed by atoms with E-state index in [-0.39, 0.29) is 23.2 Å². The first kappa shape index (κ1) is 25.8. The molecule has 1 heterocycles. The topological polar surface area (TPSA) is 53.0 Å². The molecule has 1 spiro atoms. The van der Waals surface area contributed by atoms with Crippen molar-refractivity contribution in [2.45, 2.75) is 51.1 Å². The Bertz CT molecular complexity index is 1150. The number of aromatic hydroxyl groups is 1. The van der Waals surface area contributed by atoms with Gasteiger partial charge in [-0.25, -0.2) is 0 Å². The minimum atomic E-state index is -0.159. The van der Waals surface area contributed by atoms with Gasteiger partial charge in [-0.3, -0.25) is 4.79 Å². The van der Waals surface area contributed by atoms with Crippen LogP contribution in [0.3, 0.4) is 0 Å². The lowest BCUT2D eigenvalue weighted by Crippen LogP contribution is -2.49. The van der Waals surface area contributed by atoms with E-state index in [1.807, 2.05) is 82.5 Å². The molecule has 1 unspecified atom stereocenters. The van der Waals surface area contributed by atoms with Crippen molar-refractivity contribution >= 4 is 5.91 Å². The number of ether oxygens (including phenoxy) is 1. The Morgan fingerprint density at radius 2 is 1.72 bits per heavy atom. The van der Waals surface area contributed by atoms with E-state index in [0.717, 1.165) is 60.2 Å². The van der Waals surface area contributed by atoms with Gasteiger partial charge in [-0.1, -0.05) is 50.2 Å². The van der Waals surface area contributed by atoms with Crippen molar-refractivity contribution in [3.63, 3.8) is 0 Å². The zero-order valence-corrected chi connectivity index (χ0v) is 21.9. The van der Waals surface area contributed by atoms with Crippen LogP contribution in [0.1, 0.15) is 59.8 Å². The van der Waals surface area contributed by atoms with Gasteiger partial charge in [-0.2, -0.15) is 0 Å². The molecule has 1 atom stereocenters. The van der Waals surface area contributed by atoms with Gasteiger partial charge in [-0.15, -0.1) is 0 Å². The molecule has 5 rings (SSSR count). The second kappa shape index (κ2) is 11.2. The number of carbonyl (C=O) groups excluding carboxylic acids is 1. The Labute approximate surface area is 215 Å². The van der Waals surface area contributed by atoms with Crippen LogP contribution in [-0.4, -0.2) is 53.6 Å². The third-order valence-corrected chi connectivity index (χ3v) is 7.05. The predicted molar refractivity (Wildman–Crippen MR) is 145 cm³/mol. The van der Waals surface area contributed by atoms with Crippen molar-refractivity contribution in [3.8, 4) is 11.5 Å². The summed E-state index contributed by atoms with van der Waals surface area (Å²) in [5, 5.41) is 10.1. The van der Waals surface area contributed by atoms with Crippen molar-refractivity contribution in [1.29, 1.82) is 0 Å². The quantitative estimate of drug-likeness (QED) is 0.454. The normalized spacial score (nSPS) is 17.2.